The Hall–Kier alpha value is -3.71. The number of fused-ring (bicyclic) bond motifs is 1. The van der Waals surface area contributed by atoms with Gasteiger partial charge in [-0.1, -0.05) is 35.9 Å². The molecule has 7 nitrogen and oxygen atoms in total. The molecule has 0 unspecified atom stereocenters. The number of carbonyl (C=O) groups excluding carboxylic acids is 1. The highest BCUT2D eigenvalue weighted by molar-refractivity contribution is 6.30. The third-order valence-electron chi connectivity index (χ3n) is 5.26. The first kappa shape index (κ1) is 19.3. The highest BCUT2D eigenvalue weighted by Crippen LogP contribution is 2.33. The van der Waals surface area contributed by atoms with E-state index in [9.17, 15) is 9.59 Å². The summed E-state index contributed by atoms with van der Waals surface area (Å²) in [5.74, 6) is 0.316. The van der Waals surface area contributed by atoms with E-state index in [1.165, 1.54) is 15.8 Å². The van der Waals surface area contributed by atoms with Crippen molar-refractivity contribution in [3.63, 3.8) is 0 Å². The normalized spacial score (nSPS) is 16.0. The molecule has 31 heavy (non-hydrogen) atoms. The molecule has 0 spiro atoms. The average Bonchev–Trinajstić information content (AvgIpc) is 3.46. The van der Waals surface area contributed by atoms with Gasteiger partial charge in [-0.2, -0.15) is 5.10 Å². The Balaban J connectivity index is 1.51. The summed E-state index contributed by atoms with van der Waals surface area (Å²) in [6, 6.07) is 17.7. The van der Waals surface area contributed by atoms with Gasteiger partial charge < -0.3 is 4.42 Å². The van der Waals surface area contributed by atoms with Crippen molar-refractivity contribution in [2.75, 3.05) is 0 Å². The zero-order valence-electron chi connectivity index (χ0n) is 16.3. The third kappa shape index (κ3) is 3.64. The Morgan fingerprint density at radius 1 is 1.10 bits per heavy atom. The Morgan fingerprint density at radius 2 is 1.90 bits per heavy atom. The van der Waals surface area contributed by atoms with Crippen LogP contribution in [0.1, 0.15) is 23.8 Å². The molecular weight excluding hydrogens is 416 g/mol. The van der Waals surface area contributed by atoms with E-state index in [1.54, 1.807) is 36.6 Å². The van der Waals surface area contributed by atoms with Crippen LogP contribution in [-0.2, 0) is 11.3 Å². The molecule has 3 heterocycles. The fourth-order valence-corrected chi connectivity index (χ4v) is 3.87. The zero-order chi connectivity index (χ0) is 21.4. The first-order valence-electron chi connectivity index (χ1n) is 9.73. The van der Waals surface area contributed by atoms with Gasteiger partial charge in [0, 0.05) is 11.4 Å². The summed E-state index contributed by atoms with van der Waals surface area (Å²) >= 11 is 6.00. The van der Waals surface area contributed by atoms with Crippen LogP contribution in [0.5, 0.6) is 0 Å². The Bertz CT molecular complexity index is 1340. The fourth-order valence-electron chi connectivity index (χ4n) is 3.75. The first-order valence-corrected chi connectivity index (χ1v) is 10.1. The highest BCUT2D eigenvalue weighted by Gasteiger charge is 2.35. The van der Waals surface area contributed by atoms with Crippen LogP contribution in [0.4, 0.5) is 0 Å². The molecular formula is C23H17ClN4O3. The minimum Gasteiger partial charge on any atom is -0.467 e. The Labute approximate surface area is 182 Å². The maximum atomic E-state index is 13.3. The molecule has 0 aliphatic carbocycles. The highest BCUT2D eigenvalue weighted by atomic mass is 35.5. The number of carbonyl (C=O) groups is 1. The van der Waals surface area contributed by atoms with Crippen molar-refractivity contribution < 1.29 is 9.21 Å². The third-order valence-corrected chi connectivity index (χ3v) is 5.51. The smallest absolute Gasteiger partial charge is 0.269 e. The van der Waals surface area contributed by atoms with E-state index in [0.29, 0.717) is 28.2 Å². The van der Waals surface area contributed by atoms with Crippen LogP contribution in [0, 0.1) is 0 Å². The number of rotatable bonds is 4. The number of furan rings is 1. The predicted molar refractivity (Wildman–Crippen MR) is 117 cm³/mol. The molecule has 0 saturated carbocycles. The van der Waals surface area contributed by atoms with Crippen molar-refractivity contribution in [3.05, 3.63) is 99.8 Å². The van der Waals surface area contributed by atoms with Gasteiger partial charge in [-0.15, -0.1) is 0 Å². The van der Waals surface area contributed by atoms with Crippen LogP contribution < -0.4 is 5.56 Å². The lowest BCUT2D eigenvalue weighted by Crippen LogP contribution is -2.34. The number of hydrogen-bond acceptors (Lipinski definition) is 5. The minimum absolute atomic E-state index is 0.156. The number of benzene rings is 2. The molecule has 1 aliphatic heterocycles. The van der Waals surface area contributed by atoms with Gasteiger partial charge in [0.25, 0.3) is 11.5 Å². The van der Waals surface area contributed by atoms with Gasteiger partial charge in [0.15, 0.2) is 0 Å². The van der Waals surface area contributed by atoms with Crippen molar-refractivity contribution in [2.45, 2.75) is 19.0 Å². The number of hydrazone groups is 1. The number of hydrogen-bond donors (Lipinski definition) is 0. The summed E-state index contributed by atoms with van der Waals surface area (Å²) in [6.07, 6.45) is 3.29. The van der Waals surface area contributed by atoms with E-state index in [4.69, 9.17) is 16.0 Å². The zero-order valence-corrected chi connectivity index (χ0v) is 17.1. The van der Waals surface area contributed by atoms with E-state index < -0.39 is 6.04 Å². The second-order valence-electron chi connectivity index (χ2n) is 7.20. The molecule has 0 radical (unpaired) electrons. The molecule has 0 saturated heterocycles. The van der Waals surface area contributed by atoms with Crippen LogP contribution in [0.3, 0.4) is 0 Å². The molecule has 0 N–H and O–H groups in total. The van der Waals surface area contributed by atoms with Gasteiger partial charge in [0.2, 0.25) is 0 Å². The summed E-state index contributed by atoms with van der Waals surface area (Å²) in [5, 5.41) is 6.63. The second kappa shape index (κ2) is 7.85. The van der Waals surface area contributed by atoms with Gasteiger partial charge in [-0.25, -0.2) is 9.99 Å². The molecule has 2 aromatic carbocycles. The quantitative estimate of drug-likeness (QED) is 0.487. The fraction of sp³-hybridized carbons (Fsp3) is 0.130. The summed E-state index contributed by atoms with van der Waals surface area (Å²) in [7, 11) is 0. The largest absolute Gasteiger partial charge is 0.467 e. The van der Waals surface area contributed by atoms with Crippen LogP contribution in [0.15, 0.2) is 87.4 Å². The maximum Gasteiger partial charge on any atom is 0.269 e. The molecule has 0 fully saturated rings. The van der Waals surface area contributed by atoms with Crippen LogP contribution in [-0.4, -0.2) is 26.2 Å². The van der Waals surface area contributed by atoms with E-state index in [1.807, 2.05) is 30.3 Å². The molecule has 0 bridgehead atoms. The van der Waals surface area contributed by atoms with E-state index in [0.717, 1.165) is 11.3 Å². The predicted octanol–water partition coefficient (Wildman–Crippen LogP) is 4.02. The number of aromatic nitrogens is 2. The van der Waals surface area contributed by atoms with Crippen LogP contribution >= 0.6 is 11.6 Å². The Kier molecular flexibility index (Phi) is 4.88. The Morgan fingerprint density at radius 3 is 2.68 bits per heavy atom. The first-order chi connectivity index (χ1) is 15.1. The SMILES string of the molecule is O=C(Cn1c(=O)cnc2ccccc21)N1N=C(c2ccc(Cl)cc2)C[C@H]1c1ccco1. The lowest BCUT2D eigenvalue weighted by Gasteiger charge is -2.20. The molecule has 5 rings (SSSR count). The summed E-state index contributed by atoms with van der Waals surface area (Å²) < 4.78 is 6.99. The molecule has 1 amide bonds. The number of nitrogens with zero attached hydrogens (tertiary/aromatic N) is 4. The molecule has 154 valence electrons. The van der Waals surface area contributed by atoms with Crippen molar-refractivity contribution in [1.29, 1.82) is 0 Å². The van der Waals surface area contributed by atoms with Crippen molar-refractivity contribution in [3.8, 4) is 0 Å². The van der Waals surface area contributed by atoms with Crippen molar-refractivity contribution >= 4 is 34.3 Å². The topological polar surface area (TPSA) is 80.7 Å². The monoisotopic (exact) mass is 432 g/mol. The van der Waals surface area contributed by atoms with E-state index in [-0.39, 0.29) is 18.0 Å². The van der Waals surface area contributed by atoms with Crippen molar-refractivity contribution in [2.24, 2.45) is 5.10 Å². The summed E-state index contributed by atoms with van der Waals surface area (Å²) in [5.41, 5.74) is 2.52. The van der Waals surface area contributed by atoms with Crippen LogP contribution in [0.2, 0.25) is 5.02 Å². The van der Waals surface area contributed by atoms with Gasteiger partial charge in [0.05, 0.1) is 29.2 Å². The average molecular weight is 433 g/mol. The number of halogens is 1. The van der Waals surface area contributed by atoms with E-state index >= 15 is 0 Å². The standard InChI is InChI=1S/C23H17ClN4O3/c24-16-9-7-15(8-10-16)18-12-20(21-6-3-11-31-21)28(26-18)23(30)14-27-19-5-2-1-4-17(19)25-13-22(27)29/h1-11,13,20H,12,14H2/t20-/m0/s1. The van der Waals surface area contributed by atoms with Crippen molar-refractivity contribution in [1.82, 2.24) is 14.6 Å². The van der Waals surface area contributed by atoms with Gasteiger partial charge in [0.1, 0.15) is 18.3 Å². The molecule has 4 aromatic rings. The second-order valence-corrected chi connectivity index (χ2v) is 7.63. The lowest BCUT2D eigenvalue weighted by atomic mass is 10.0. The maximum absolute atomic E-state index is 13.3. The minimum atomic E-state index is -0.392. The summed E-state index contributed by atoms with van der Waals surface area (Å²) in [4.78, 5) is 29.9. The molecule has 1 atom stereocenters. The van der Waals surface area contributed by atoms with Gasteiger partial charge in [-0.3, -0.25) is 14.2 Å². The van der Waals surface area contributed by atoms with Gasteiger partial charge in [-0.05, 0) is 42.0 Å². The summed E-state index contributed by atoms with van der Waals surface area (Å²) in [6.45, 7) is -0.156. The lowest BCUT2D eigenvalue weighted by molar-refractivity contribution is -0.134. The number of para-hydroxylation sites is 2. The molecule has 2 aromatic heterocycles. The molecule has 1 aliphatic rings. The number of amides is 1. The molecule has 8 heteroatoms. The van der Waals surface area contributed by atoms with Crippen LogP contribution in [0.25, 0.3) is 11.0 Å². The van der Waals surface area contributed by atoms with Gasteiger partial charge >= 0.3 is 0 Å². The van der Waals surface area contributed by atoms with E-state index in [2.05, 4.69) is 10.1 Å².